The second-order valence-electron chi connectivity index (χ2n) is 4.98. The molecular formula is C14H17N3O2S. The van der Waals surface area contributed by atoms with Crippen molar-refractivity contribution in [2.45, 2.75) is 23.8 Å². The highest BCUT2D eigenvalue weighted by Gasteiger charge is 2.20. The molecule has 0 aliphatic heterocycles. The number of nitrogens with zero attached hydrogens (tertiary/aromatic N) is 1. The highest BCUT2D eigenvalue weighted by Crippen LogP contribution is 2.21. The third-order valence-electron chi connectivity index (χ3n) is 3.36. The van der Waals surface area contributed by atoms with Gasteiger partial charge in [-0.05, 0) is 25.0 Å². The molecule has 0 radical (unpaired) electrons. The molecule has 20 heavy (non-hydrogen) atoms. The van der Waals surface area contributed by atoms with Gasteiger partial charge in [-0.25, -0.2) is 13.1 Å². The van der Waals surface area contributed by atoms with Gasteiger partial charge in [0.05, 0.1) is 4.90 Å². The van der Waals surface area contributed by atoms with Crippen LogP contribution in [0.25, 0.3) is 10.8 Å². The molecule has 1 aliphatic carbocycles. The van der Waals surface area contributed by atoms with Crippen molar-refractivity contribution in [1.29, 1.82) is 0 Å². The zero-order chi connectivity index (χ0) is 14.0. The van der Waals surface area contributed by atoms with E-state index < -0.39 is 10.0 Å². The Balaban J connectivity index is 1.77. The van der Waals surface area contributed by atoms with Crippen molar-refractivity contribution in [3.8, 4) is 0 Å². The lowest BCUT2D eigenvalue weighted by molar-refractivity contribution is 0.576. The fraction of sp³-hybridized carbons (Fsp3) is 0.357. The van der Waals surface area contributed by atoms with E-state index in [-0.39, 0.29) is 0 Å². The average molecular weight is 291 g/mol. The molecule has 5 nitrogen and oxygen atoms in total. The molecule has 0 bridgehead atoms. The van der Waals surface area contributed by atoms with E-state index in [2.05, 4.69) is 15.0 Å². The van der Waals surface area contributed by atoms with E-state index in [0.29, 0.717) is 29.4 Å². The maximum absolute atomic E-state index is 12.3. The second kappa shape index (κ2) is 5.47. The quantitative estimate of drug-likeness (QED) is 0.786. The molecule has 0 saturated heterocycles. The largest absolute Gasteiger partial charge is 0.313 e. The van der Waals surface area contributed by atoms with Crippen molar-refractivity contribution < 1.29 is 8.42 Å². The normalized spacial score (nSPS) is 15.6. The van der Waals surface area contributed by atoms with Gasteiger partial charge in [-0.15, -0.1) is 0 Å². The number of fused-ring (bicyclic) bond motifs is 1. The third kappa shape index (κ3) is 2.98. The molecule has 1 aromatic heterocycles. The van der Waals surface area contributed by atoms with Gasteiger partial charge in [-0.3, -0.25) is 4.98 Å². The Morgan fingerprint density at radius 3 is 2.85 bits per heavy atom. The topological polar surface area (TPSA) is 71.1 Å². The van der Waals surface area contributed by atoms with Gasteiger partial charge < -0.3 is 5.32 Å². The molecule has 6 heteroatoms. The third-order valence-corrected chi connectivity index (χ3v) is 4.88. The lowest BCUT2D eigenvalue weighted by Gasteiger charge is -2.09. The lowest BCUT2D eigenvalue weighted by Crippen LogP contribution is -2.32. The van der Waals surface area contributed by atoms with Crippen molar-refractivity contribution in [2.24, 2.45) is 0 Å². The molecule has 0 amide bonds. The number of aromatic nitrogens is 1. The van der Waals surface area contributed by atoms with Crippen LogP contribution in [0, 0.1) is 0 Å². The van der Waals surface area contributed by atoms with E-state index in [9.17, 15) is 8.42 Å². The first-order valence-electron chi connectivity index (χ1n) is 6.72. The van der Waals surface area contributed by atoms with Gasteiger partial charge in [0.1, 0.15) is 0 Å². The molecule has 1 aromatic carbocycles. The number of rotatable bonds is 6. The first-order valence-corrected chi connectivity index (χ1v) is 8.21. The summed E-state index contributed by atoms with van der Waals surface area (Å²) >= 11 is 0. The summed E-state index contributed by atoms with van der Waals surface area (Å²) in [6.45, 7) is 1.07. The summed E-state index contributed by atoms with van der Waals surface area (Å²) in [4.78, 5) is 4.32. The predicted molar refractivity (Wildman–Crippen MR) is 78.0 cm³/mol. The predicted octanol–water partition coefficient (Wildman–Crippen LogP) is 1.27. The first-order chi connectivity index (χ1) is 9.67. The Hall–Kier alpha value is -1.50. The van der Waals surface area contributed by atoms with E-state index in [1.165, 1.54) is 12.8 Å². The van der Waals surface area contributed by atoms with Crippen LogP contribution in [0.1, 0.15) is 12.8 Å². The fourth-order valence-electron chi connectivity index (χ4n) is 2.15. The van der Waals surface area contributed by atoms with Crippen LogP contribution in [-0.2, 0) is 10.0 Å². The average Bonchev–Trinajstić information content (AvgIpc) is 3.27. The van der Waals surface area contributed by atoms with Crippen molar-refractivity contribution in [3.63, 3.8) is 0 Å². The van der Waals surface area contributed by atoms with Gasteiger partial charge in [0.15, 0.2) is 0 Å². The van der Waals surface area contributed by atoms with Crippen molar-refractivity contribution in [3.05, 3.63) is 36.7 Å². The number of hydrogen-bond acceptors (Lipinski definition) is 4. The van der Waals surface area contributed by atoms with E-state index in [1.807, 2.05) is 6.07 Å². The monoisotopic (exact) mass is 291 g/mol. The van der Waals surface area contributed by atoms with Crippen LogP contribution in [-0.4, -0.2) is 32.5 Å². The Bertz CT molecular complexity index is 706. The molecule has 2 aromatic rings. The van der Waals surface area contributed by atoms with Gasteiger partial charge in [-0.2, -0.15) is 0 Å². The number of sulfonamides is 1. The maximum Gasteiger partial charge on any atom is 0.241 e. The van der Waals surface area contributed by atoms with Crippen LogP contribution in [0.5, 0.6) is 0 Å². The van der Waals surface area contributed by atoms with Gasteiger partial charge in [0.2, 0.25) is 10.0 Å². The zero-order valence-electron chi connectivity index (χ0n) is 11.0. The minimum Gasteiger partial charge on any atom is -0.313 e. The molecule has 1 saturated carbocycles. The Morgan fingerprint density at radius 2 is 2.05 bits per heavy atom. The number of benzene rings is 1. The molecule has 0 unspecified atom stereocenters. The highest BCUT2D eigenvalue weighted by atomic mass is 32.2. The molecule has 2 N–H and O–H groups in total. The fourth-order valence-corrected chi connectivity index (χ4v) is 3.41. The van der Waals surface area contributed by atoms with Crippen molar-refractivity contribution >= 4 is 20.8 Å². The molecule has 1 aliphatic rings. The standard InChI is InChI=1S/C14H17N3O2S/c18-20(19,17-9-8-16-12-4-5-12)14-3-1-2-11-10-15-7-6-13(11)14/h1-3,6-7,10,12,16-17H,4-5,8-9H2. The minimum atomic E-state index is -3.48. The molecule has 3 rings (SSSR count). The number of pyridine rings is 1. The first kappa shape index (κ1) is 13.5. The van der Waals surface area contributed by atoms with Gasteiger partial charge >= 0.3 is 0 Å². The van der Waals surface area contributed by atoms with E-state index in [4.69, 9.17) is 0 Å². The second-order valence-corrected chi connectivity index (χ2v) is 6.71. The summed E-state index contributed by atoms with van der Waals surface area (Å²) in [5, 5.41) is 4.81. The SMILES string of the molecule is O=S(=O)(NCCNC1CC1)c1cccc2cnccc12. The van der Waals surface area contributed by atoms with Crippen molar-refractivity contribution in [1.82, 2.24) is 15.0 Å². The Morgan fingerprint density at radius 1 is 1.20 bits per heavy atom. The van der Waals surface area contributed by atoms with Crippen LogP contribution in [0.15, 0.2) is 41.6 Å². The summed E-state index contributed by atoms with van der Waals surface area (Å²) in [7, 11) is -3.48. The molecule has 106 valence electrons. The van der Waals surface area contributed by atoms with E-state index in [0.717, 1.165) is 5.39 Å². The summed E-state index contributed by atoms with van der Waals surface area (Å²) in [5.41, 5.74) is 0. The van der Waals surface area contributed by atoms with Crippen LogP contribution in [0.2, 0.25) is 0 Å². The van der Waals surface area contributed by atoms with Crippen LogP contribution in [0.4, 0.5) is 0 Å². The summed E-state index contributed by atoms with van der Waals surface area (Å²) in [6, 6.07) is 7.53. The van der Waals surface area contributed by atoms with Crippen molar-refractivity contribution in [2.75, 3.05) is 13.1 Å². The molecule has 1 heterocycles. The van der Waals surface area contributed by atoms with Gasteiger partial charge in [0.25, 0.3) is 0 Å². The van der Waals surface area contributed by atoms with Crippen LogP contribution < -0.4 is 10.0 Å². The molecule has 1 fully saturated rings. The highest BCUT2D eigenvalue weighted by molar-refractivity contribution is 7.89. The minimum absolute atomic E-state index is 0.309. The lowest BCUT2D eigenvalue weighted by atomic mass is 10.2. The zero-order valence-corrected chi connectivity index (χ0v) is 11.9. The van der Waals surface area contributed by atoms with Gasteiger partial charge in [-0.1, -0.05) is 12.1 Å². The summed E-state index contributed by atoms with van der Waals surface area (Å²) < 4.78 is 27.3. The van der Waals surface area contributed by atoms with Crippen LogP contribution in [0.3, 0.4) is 0 Å². The number of nitrogens with one attached hydrogen (secondary N) is 2. The van der Waals surface area contributed by atoms with E-state index >= 15 is 0 Å². The Labute approximate surface area is 118 Å². The summed E-state index contributed by atoms with van der Waals surface area (Å²) in [5.74, 6) is 0. The van der Waals surface area contributed by atoms with E-state index in [1.54, 1.807) is 30.6 Å². The molecule has 0 atom stereocenters. The van der Waals surface area contributed by atoms with Gasteiger partial charge in [0, 0.05) is 42.3 Å². The number of hydrogen-bond donors (Lipinski definition) is 2. The Kier molecular flexibility index (Phi) is 3.69. The summed E-state index contributed by atoms with van der Waals surface area (Å²) in [6.07, 6.45) is 5.67. The molecule has 0 spiro atoms. The van der Waals surface area contributed by atoms with Crippen LogP contribution >= 0.6 is 0 Å². The molecular weight excluding hydrogens is 274 g/mol. The smallest absolute Gasteiger partial charge is 0.241 e. The maximum atomic E-state index is 12.3.